The Morgan fingerprint density at radius 3 is 2.88 bits per heavy atom. The van der Waals surface area contributed by atoms with Crippen LogP contribution in [0.2, 0.25) is 0 Å². The number of ether oxygens (including phenoxy) is 1. The van der Waals surface area contributed by atoms with E-state index in [1.54, 1.807) is 0 Å². The molecule has 0 saturated carbocycles. The van der Waals surface area contributed by atoms with Crippen molar-refractivity contribution in [2.45, 2.75) is 38.2 Å². The van der Waals surface area contributed by atoms with Gasteiger partial charge in [0, 0.05) is 6.54 Å². The molecule has 1 rings (SSSR count). The molecule has 1 N–H and O–H groups in total. The molecule has 0 unspecified atom stereocenters. The smallest absolute Gasteiger partial charge is 0.409 e. The van der Waals surface area contributed by atoms with Gasteiger partial charge >= 0.3 is 6.09 Å². The maximum absolute atomic E-state index is 13.1. The summed E-state index contributed by atoms with van der Waals surface area (Å²) in [5.74, 6) is -3.23. The highest BCUT2D eigenvalue weighted by Crippen LogP contribution is 2.27. The van der Waals surface area contributed by atoms with Gasteiger partial charge in [-0.1, -0.05) is 13.3 Å². The lowest BCUT2D eigenvalue weighted by Crippen LogP contribution is -2.53. The molecule has 1 saturated heterocycles. The van der Waals surface area contributed by atoms with Gasteiger partial charge in [0.1, 0.15) is 6.10 Å². The second-order valence-electron chi connectivity index (χ2n) is 3.95. The van der Waals surface area contributed by atoms with Gasteiger partial charge in [0.2, 0.25) is 0 Å². The van der Waals surface area contributed by atoms with E-state index in [1.807, 2.05) is 6.92 Å². The number of nitrogens with zero attached hydrogens (tertiary/aromatic N) is 1. The summed E-state index contributed by atoms with van der Waals surface area (Å²) in [6.45, 7) is 1.54. The second-order valence-corrected chi connectivity index (χ2v) is 3.95. The molecule has 0 bridgehead atoms. The standard InChI is InChI=1S/C10H17F2NO3/c1-2-3-6-16-9(15)13-5-4-8(14)10(11,12)7-13/h8,14H,2-7H2,1H3/t8-/m0/s1. The molecule has 16 heavy (non-hydrogen) atoms. The summed E-state index contributed by atoms with van der Waals surface area (Å²) in [7, 11) is 0. The van der Waals surface area contributed by atoms with Crippen molar-refractivity contribution in [3.8, 4) is 0 Å². The molecule has 0 aliphatic carbocycles. The van der Waals surface area contributed by atoms with Gasteiger partial charge in [-0.25, -0.2) is 13.6 Å². The molecule has 0 spiro atoms. The molecule has 0 aromatic heterocycles. The van der Waals surface area contributed by atoms with Crippen LogP contribution in [0.1, 0.15) is 26.2 Å². The number of hydrogen-bond acceptors (Lipinski definition) is 3. The number of halogens is 2. The molecule has 1 aliphatic heterocycles. The van der Waals surface area contributed by atoms with Crippen LogP contribution in [0, 0.1) is 0 Å². The number of alkyl halides is 2. The number of aliphatic hydroxyl groups is 1. The van der Waals surface area contributed by atoms with Crippen LogP contribution in [0.5, 0.6) is 0 Å². The van der Waals surface area contributed by atoms with Crippen molar-refractivity contribution in [3.63, 3.8) is 0 Å². The molecule has 6 heteroatoms. The lowest BCUT2D eigenvalue weighted by Gasteiger charge is -2.35. The van der Waals surface area contributed by atoms with Gasteiger partial charge in [-0.15, -0.1) is 0 Å². The molecule has 1 atom stereocenters. The van der Waals surface area contributed by atoms with Gasteiger partial charge in [-0.05, 0) is 12.8 Å². The maximum atomic E-state index is 13.1. The summed E-state index contributed by atoms with van der Waals surface area (Å²) in [6.07, 6.45) is -0.899. The number of hydrogen-bond donors (Lipinski definition) is 1. The number of carbonyl (C=O) groups is 1. The Hall–Kier alpha value is -0.910. The third-order valence-corrected chi connectivity index (χ3v) is 2.54. The zero-order valence-corrected chi connectivity index (χ0v) is 9.29. The summed E-state index contributed by atoms with van der Waals surface area (Å²) >= 11 is 0. The Morgan fingerprint density at radius 1 is 1.62 bits per heavy atom. The molecule has 1 fully saturated rings. The minimum atomic E-state index is -3.23. The molecular weight excluding hydrogens is 220 g/mol. The molecular formula is C10H17F2NO3. The Bertz CT molecular complexity index is 248. The van der Waals surface area contributed by atoms with Gasteiger partial charge < -0.3 is 14.7 Å². The molecule has 0 aromatic carbocycles. The van der Waals surface area contributed by atoms with Gasteiger partial charge in [0.05, 0.1) is 13.2 Å². The highest BCUT2D eigenvalue weighted by atomic mass is 19.3. The van der Waals surface area contributed by atoms with Crippen molar-refractivity contribution in [1.82, 2.24) is 4.90 Å². The van der Waals surface area contributed by atoms with Crippen molar-refractivity contribution in [1.29, 1.82) is 0 Å². The third kappa shape index (κ3) is 3.30. The van der Waals surface area contributed by atoms with Gasteiger partial charge in [-0.2, -0.15) is 0 Å². The molecule has 0 radical (unpaired) electrons. The summed E-state index contributed by atoms with van der Waals surface area (Å²) in [6, 6.07) is 0. The minimum Gasteiger partial charge on any atom is -0.449 e. The summed E-state index contributed by atoms with van der Waals surface area (Å²) < 4.78 is 31.0. The number of amides is 1. The zero-order chi connectivity index (χ0) is 12.2. The van der Waals surface area contributed by atoms with Crippen molar-refractivity contribution < 1.29 is 23.4 Å². The van der Waals surface area contributed by atoms with E-state index < -0.39 is 24.7 Å². The van der Waals surface area contributed by atoms with E-state index in [2.05, 4.69) is 0 Å². The van der Waals surface area contributed by atoms with Crippen LogP contribution < -0.4 is 0 Å². The van der Waals surface area contributed by atoms with Gasteiger partial charge in [0.25, 0.3) is 5.92 Å². The van der Waals surface area contributed by atoms with E-state index in [9.17, 15) is 13.6 Å². The molecule has 0 aromatic rings. The number of aliphatic hydroxyl groups excluding tert-OH is 1. The van der Waals surface area contributed by atoms with Crippen LogP contribution in [0.15, 0.2) is 0 Å². The predicted molar refractivity (Wildman–Crippen MR) is 53.4 cm³/mol. The SMILES string of the molecule is CCCCOC(=O)N1CC[C@H](O)C(F)(F)C1. The van der Waals surface area contributed by atoms with Gasteiger partial charge in [-0.3, -0.25) is 0 Å². The average molecular weight is 237 g/mol. The third-order valence-electron chi connectivity index (χ3n) is 2.54. The fourth-order valence-corrected chi connectivity index (χ4v) is 1.48. The topological polar surface area (TPSA) is 49.8 Å². The number of piperidine rings is 1. The molecule has 1 amide bonds. The van der Waals surface area contributed by atoms with Crippen molar-refractivity contribution in [2.24, 2.45) is 0 Å². The van der Waals surface area contributed by atoms with Crippen molar-refractivity contribution in [2.75, 3.05) is 19.7 Å². The van der Waals surface area contributed by atoms with E-state index in [0.717, 1.165) is 17.7 Å². The first-order valence-corrected chi connectivity index (χ1v) is 5.45. The molecule has 94 valence electrons. The number of unbranched alkanes of at least 4 members (excludes halogenated alkanes) is 1. The van der Waals surface area contributed by atoms with E-state index in [0.29, 0.717) is 0 Å². The van der Waals surface area contributed by atoms with Gasteiger partial charge in [0.15, 0.2) is 0 Å². The van der Waals surface area contributed by atoms with Crippen LogP contribution in [-0.4, -0.2) is 47.8 Å². The van der Waals surface area contributed by atoms with Crippen molar-refractivity contribution in [3.05, 3.63) is 0 Å². The average Bonchev–Trinajstić information content (AvgIpc) is 2.22. The highest BCUT2D eigenvalue weighted by Gasteiger charge is 2.45. The van der Waals surface area contributed by atoms with Crippen LogP contribution in [-0.2, 0) is 4.74 Å². The Morgan fingerprint density at radius 2 is 2.31 bits per heavy atom. The van der Waals surface area contributed by atoms with E-state index in [1.165, 1.54) is 0 Å². The fraction of sp³-hybridized carbons (Fsp3) is 0.900. The summed E-state index contributed by atoms with van der Waals surface area (Å²) in [4.78, 5) is 12.3. The monoisotopic (exact) mass is 237 g/mol. The quantitative estimate of drug-likeness (QED) is 0.759. The lowest BCUT2D eigenvalue weighted by atomic mass is 10.0. The maximum Gasteiger partial charge on any atom is 0.409 e. The molecule has 1 aliphatic rings. The Kier molecular flexibility index (Phi) is 4.46. The minimum absolute atomic E-state index is 0.113. The normalized spacial score (nSPS) is 24.2. The van der Waals surface area contributed by atoms with E-state index in [4.69, 9.17) is 9.84 Å². The lowest BCUT2D eigenvalue weighted by molar-refractivity contribution is -0.145. The van der Waals surface area contributed by atoms with Crippen LogP contribution in [0.4, 0.5) is 13.6 Å². The first kappa shape index (κ1) is 13.2. The Balaban J connectivity index is 2.40. The van der Waals surface area contributed by atoms with Crippen LogP contribution in [0.3, 0.4) is 0 Å². The van der Waals surface area contributed by atoms with E-state index in [-0.39, 0.29) is 19.6 Å². The van der Waals surface area contributed by atoms with Crippen LogP contribution in [0.25, 0.3) is 0 Å². The zero-order valence-electron chi connectivity index (χ0n) is 9.29. The Labute approximate surface area is 93.2 Å². The molecule has 4 nitrogen and oxygen atoms in total. The number of carbonyl (C=O) groups excluding carboxylic acids is 1. The molecule has 1 heterocycles. The predicted octanol–water partition coefficient (Wildman–Crippen LogP) is 1.62. The first-order chi connectivity index (χ1) is 7.47. The van der Waals surface area contributed by atoms with Crippen molar-refractivity contribution >= 4 is 6.09 Å². The fourth-order valence-electron chi connectivity index (χ4n) is 1.48. The summed E-state index contributed by atoms with van der Waals surface area (Å²) in [5, 5.41) is 9.02. The second kappa shape index (κ2) is 5.43. The highest BCUT2D eigenvalue weighted by molar-refractivity contribution is 5.67. The number of rotatable bonds is 3. The van der Waals surface area contributed by atoms with Crippen LogP contribution >= 0.6 is 0 Å². The largest absolute Gasteiger partial charge is 0.449 e. The van der Waals surface area contributed by atoms with E-state index >= 15 is 0 Å². The summed E-state index contributed by atoms with van der Waals surface area (Å²) in [5.41, 5.74) is 0. The first-order valence-electron chi connectivity index (χ1n) is 5.45. The number of likely N-dealkylation sites (tertiary alicyclic amines) is 1.